The standard InChI is InChI=1S/C27H31NO3S3/c1-31-21-8-5-7-19(14-21)23-15-20(6-3-2-4-11-29)24(33-23)16-25-26(30)28(27(32)34-25)22-13-17-9-10-18(22)12-17/h5,7-8,14-18,22,29H,2-4,6,9-13H2,1H3/b25-16-. The lowest BCUT2D eigenvalue weighted by molar-refractivity contribution is -0.124. The monoisotopic (exact) mass is 513 g/mol. The molecular formula is C27H31NO3S3. The summed E-state index contributed by atoms with van der Waals surface area (Å²) in [5.41, 5.74) is 2.38. The molecule has 7 heteroatoms. The van der Waals surface area contributed by atoms with Crippen molar-refractivity contribution in [3.05, 3.63) is 45.7 Å². The summed E-state index contributed by atoms with van der Waals surface area (Å²) in [5.74, 6) is 2.32. The van der Waals surface area contributed by atoms with Gasteiger partial charge in [0, 0.05) is 22.4 Å². The van der Waals surface area contributed by atoms with E-state index in [1.54, 1.807) is 18.4 Å². The molecule has 2 heterocycles. The number of hydrogen-bond donors (Lipinski definition) is 1. The third kappa shape index (κ3) is 4.85. The van der Waals surface area contributed by atoms with Crippen molar-refractivity contribution in [3.63, 3.8) is 0 Å². The van der Waals surface area contributed by atoms with Gasteiger partial charge in [-0.25, -0.2) is 0 Å². The van der Waals surface area contributed by atoms with E-state index in [1.165, 1.54) is 41.5 Å². The zero-order valence-corrected chi connectivity index (χ0v) is 21.9. The maximum absolute atomic E-state index is 13.5. The van der Waals surface area contributed by atoms with Crippen LogP contribution in [0.2, 0.25) is 0 Å². The smallest absolute Gasteiger partial charge is 0.266 e. The number of amides is 1. The average molecular weight is 514 g/mol. The van der Waals surface area contributed by atoms with E-state index in [-0.39, 0.29) is 12.5 Å². The molecule has 1 saturated heterocycles. The number of rotatable bonds is 9. The van der Waals surface area contributed by atoms with Gasteiger partial charge in [0.25, 0.3) is 5.91 Å². The lowest BCUT2D eigenvalue weighted by Gasteiger charge is -2.30. The quantitative estimate of drug-likeness (QED) is 0.235. The number of hydrogen-bond acceptors (Lipinski definition) is 6. The molecule has 3 aliphatic rings. The van der Waals surface area contributed by atoms with Crippen molar-refractivity contribution in [1.82, 2.24) is 4.90 Å². The highest BCUT2D eigenvalue weighted by atomic mass is 32.2. The van der Waals surface area contributed by atoms with Gasteiger partial charge in [-0.3, -0.25) is 9.69 Å². The summed E-state index contributed by atoms with van der Waals surface area (Å²) in [4.78, 5) is 18.5. The van der Waals surface area contributed by atoms with E-state index >= 15 is 0 Å². The van der Waals surface area contributed by atoms with Crippen LogP contribution in [0.25, 0.3) is 16.5 Å². The van der Waals surface area contributed by atoms with Crippen molar-refractivity contribution in [2.24, 2.45) is 11.8 Å². The highest BCUT2D eigenvalue weighted by Gasteiger charge is 2.48. The second-order valence-electron chi connectivity index (χ2n) is 9.56. The second-order valence-corrected chi connectivity index (χ2v) is 12.3. The SMILES string of the molecule is COc1cccc(-c2cc(CCCCCO)c(/C=C3\SC(=S)N(C4CC5CCC4C5)C3=O)s2)c1. The van der Waals surface area contributed by atoms with Gasteiger partial charge in [-0.05, 0) is 85.8 Å². The molecule has 3 unspecified atom stereocenters. The van der Waals surface area contributed by atoms with Gasteiger partial charge in [-0.2, -0.15) is 0 Å². The number of carbonyl (C=O) groups is 1. The van der Waals surface area contributed by atoms with Crippen molar-refractivity contribution in [2.75, 3.05) is 13.7 Å². The summed E-state index contributed by atoms with van der Waals surface area (Å²) in [6, 6.07) is 10.7. The minimum absolute atomic E-state index is 0.0927. The zero-order valence-electron chi connectivity index (χ0n) is 19.5. The number of benzene rings is 1. The number of methoxy groups -OCH3 is 1. The molecule has 1 aliphatic heterocycles. The number of aliphatic hydroxyl groups excluding tert-OH is 1. The Labute approximate surface area is 215 Å². The highest BCUT2D eigenvalue weighted by Crippen LogP contribution is 2.49. The van der Waals surface area contributed by atoms with Crippen LogP contribution in [0.5, 0.6) is 5.75 Å². The lowest BCUT2D eigenvalue weighted by Crippen LogP contribution is -2.41. The van der Waals surface area contributed by atoms with Gasteiger partial charge in [-0.15, -0.1) is 11.3 Å². The number of thiophene rings is 1. The van der Waals surface area contributed by atoms with E-state index in [0.29, 0.717) is 12.0 Å². The molecule has 2 aliphatic carbocycles. The van der Waals surface area contributed by atoms with Gasteiger partial charge >= 0.3 is 0 Å². The average Bonchev–Trinajstić information content (AvgIpc) is 3.62. The largest absolute Gasteiger partial charge is 0.497 e. The van der Waals surface area contributed by atoms with Crippen molar-refractivity contribution < 1.29 is 14.6 Å². The van der Waals surface area contributed by atoms with Gasteiger partial charge in [-0.1, -0.05) is 49.0 Å². The third-order valence-corrected chi connectivity index (χ3v) is 9.92. The number of nitrogens with zero attached hydrogens (tertiary/aromatic N) is 1. The maximum atomic E-state index is 13.5. The predicted molar refractivity (Wildman–Crippen MR) is 145 cm³/mol. The summed E-state index contributed by atoms with van der Waals surface area (Å²) in [6.07, 6.45) is 10.7. The number of unbranched alkanes of at least 4 members (excludes halogenated alkanes) is 2. The topological polar surface area (TPSA) is 49.8 Å². The molecule has 0 spiro atoms. The minimum atomic E-state index is 0.0927. The van der Waals surface area contributed by atoms with Crippen LogP contribution in [0.15, 0.2) is 35.2 Å². The Hall–Kier alpha value is -1.67. The Bertz CT molecular complexity index is 1110. The predicted octanol–water partition coefficient (Wildman–Crippen LogP) is 6.52. The molecule has 1 N–H and O–H groups in total. The number of ether oxygens (including phenoxy) is 1. The molecule has 180 valence electrons. The molecule has 1 amide bonds. The minimum Gasteiger partial charge on any atom is -0.497 e. The molecule has 1 aromatic heterocycles. The molecular weight excluding hydrogens is 483 g/mol. The van der Waals surface area contributed by atoms with Crippen LogP contribution in [0.4, 0.5) is 0 Å². The molecule has 0 radical (unpaired) electrons. The van der Waals surface area contributed by atoms with E-state index in [0.717, 1.165) is 63.4 Å². The first-order valence-corrected chi connectivity index (χ1v) is 14.3. The Morgan fingerprint density at radius 2 is 2.09 bits per heavy atom. The van der Waals surface area contributed by atoms with Crippen molar-refractivity contribution in [1.29, 1.82) is 0 Å². The van der Waals surface area contributed by atoms with Gasteiger partial charge in [0.15, 0.2) is 0 Å². The molecule has 2 aromatic rings. The Morgan fingerprint density at radius 3 is 2.82 bits per heavy atom. The first kappa shape index (κ1) is 24.0. The van der Waals surface area contributed by atoms with Crippen LogP contribution >= 0.6 is 35.3 Å². The molecule has 3 fully saturated rings. The normalized spacial score (nSPS) is 25.2. The Balaban J connectivity index is 1.42. The highest BCUT2D eigenvalue weighted by molar-refractivity contribution is 8.26. The Morgan fingerprint density at radius 1 is 1.21 bits per heavy atom. The fourth-order valence-corrected chi connectivity index (χ4v) is 8.28. The van der Waals surface area contributed by atoms with Crippen molar-refractivity contribution in [3.8, 4) is 16.2 Å². The zero-order chi connectivity index (χ0) is 23.7. The summed E-state index contributed by atoms with van der Waals surface area (Å²) in [6.45, 7) is 0.233. The van der Waals surface area contributed by atoms with Crippen LogP contribution in [-0.4, -0.2) is 40.0 Å². The van der Waals surface area contributed by atoms with E-state index in [9.17, 15) is 4.79 Å². The summed E-state index contributed by atoms with van der Waals surface area (Å²) < 4.78 is 6.15. The van der Waals surface area contributed by atoms with Gasteiger partial charge in [0.2, 0.25) is 0 Å². The molecule has 1 aromatic carbocycles. The van der Waals surface area contributed by atoms with E-state index < -0.39 is 0 Å². The summed E-state index contributed by atoms with van der Waals surface area (Å²) in [5, 5.41) is 9.14. The first-order valence-electron chi connectivity index (χ1n) is 12.2. The number of fused-ring (bicyclic) bond motifs is 2. The van der Waals surface area contributed by atoms with Crippen LogP contribution in [0.3, 0.4) is 0 Å². The fraction of sp³-hybridized carbons (Fsp3) is 0.481. The van der Waals surface area contributed by atoms with Crippen molar-refractivity contribution in [2.45, 2.75) is 57.4 Å². The molecule has 3 atom stereocenters. The number of aliphatic hydroxyl groups is 1. The van der Waals surface area contributed by atoms with Gasteiger partial charge < -0.3 is 9.84 Å². The van der Waals surface area contributed by atoms with Gasteiger partial charge in [0.1, 0.15) is 10.1 Å². The number of aryl methyl sites for hydroxylation is 1. The fourth-order valence-electron chi connectivity index (χ4n) is 5.70. The lowest BCUT2D eigenvalue weighted by atomic mass is 9.94. The number of thiocarbonyl (C=S) groups is 1. The van der Waals surface area contributed by atoms with Crippen molar-refractivity contribution >= 4 is 51.6 Å². The van der Waals surface area contributed by atoms with E-state index in [1.807, 2.05) is 17.0 Å². The van der Waals surface area contributed by atoms with E-state index in [4.69, 9.17) is 22.1 Å². The summed E-state index contributed by atoms with van der Waals surface area (Å²) >= 11 is 8.89. The van der Waals surface area contributed by atoms with Crippen LogP contribution in [0, 0.1) is 11.8 Å². The molecule has 34 heavy (non-hydrogen) atoms. The Kier molecular flexibility index (Phi) is 7.44. The van der Waals surface area contributed by atoms with E-state index in [2.05, 4.69) is 24.3 Å². The summed E-state index contributed by atoms with van der Waals surface area (Å²) in [7, 11) is 1.68. The molecule has 2 bridgehead atoms. The number of carbonyl (C=O) groups excluding carboxylic acids is 1. The molecule has 2 saturated carbocycles. The third-order valence-electron chi connectivity index (χ3n) is 7.42. The van der Waals surface area contributed by atoms with Crippen LogP contribution in [0.1, 0.15) is 55.4 Å². The molecule has 4 nitrogen and oxygen atoms in total. The second kappa shape index (κ2) is 10.5. The first-order chi connectivity index (χ1) is 16.6. The van der Waals surface area contributed by atoms with Crippen LogP contribution < -0.4 is 4.74 Å². The number of thioether (sulfide) groups is 1. The maximum Gasteiger partial charge on any atom is 0.266 e. The van der Waals surface area contributed by atoms with Gasteiger partial charge in [0.05, 0.1) is 12.0 Å². The molecule has 5 rings (SSSR count). The van der Waals surface area contributed by atoms with Crippen LogP contribution in [-0.2, 0) is 11.2 Å².